The van der Waals surface area contributed by atoms with Gasteiger partial charge in [-0.05, 0) is 67.1 Å². The number of benzene rings is 3. The number of carbonyl (C=O) groups excluding carboxylic acids is 2. The van der Waals surface area contributed by atoms with E-state index in [1.807, 2.05) is 49.4 Å². The predicted octanol–water partition coefficient (Wildman–Crippen LogP) is 4.75. The molecule has 1 aliphatic carbocycles. The van der Waals surface area contributed by atoms with Crippen LogP contribution in [0, 0.1) is 19.7 Å². The average Bonchev–Trinajstić information content (AvgIpc) is 3.49. The van der Waals surface area contributed by atoms with Crippen LogP contribution in [0.3, 0.4) is 0 Å². The largest absolute Gasteiger partial charge is 0.352 e. The Bertz CT molecular complexity index is 1510. The molecule has 1 aliphatic rings. The number of rotatable bonds is 12. The topological polar surface area (TPSA) is 90.0 Å². The first-order valence-electron chi connectivity index (χ1n) is 14.6. The van der Waals surface area contributed by atoms with Crippen LogP contribution in [0.15, 0.2) is 72.8 Å². The molecule has 0 radical (unpaired) electrons. The molecule has 0 saturated heterocycles. The lowest BCUT2D eigenvalue weighted by Gasteiger charge is -2.35. The highest BCUT2D eigenvalue weighted by atomic mass is 32.2. The molecule has 0 unspecified atom stereocenters. The molecule has 10 heteroatoms. The van der Waals surface area contributed by atoms with Crippen LogP contribution < -0.4 is 9.62 Å². The van der Waals surface area contributed by atoms with Gasteiger partial charge < -0.3 is 10.2 Å². The minimum Gasteiger partial charge on any atom is -0.352 e. The van der Waals surface area contributed by atoms with Crippen LogP contribution in [0.4, 0.5) is 10.1 Å². The lowest BCUT2D eigenvalue weighted by Crippen LogP contribution is -2.55. The van der Waals surface area contributed by atoms with Crippen molar-refractivity contribution in [3.63, 3.8) is 0 Å². The van der Waals surface area contributed by atoms with Gasteiger partial charge in [0.05, 0.1) is 5.69 Å². The molecule has 0 aromatic heterocycles. The summed E-state index contributed by atoms with van der Waals surface area (Å²) < 4.78 is 43.2. The third-order valence-corrected chi connectivity index (χ3v) is 9.70. The van der Waals surface area contributed by atoms with Gasteiger partial charge in [0, 0.05) is 33.1 Å². The SMILES string of the molecule is Cc1ccc(C)c(N(CC(=O)N(Cc2ccc(F)cc2)[C@@H](Cc2ccccc2)C(=O)NC2CCCC2)S(=O)(=O)N(C)C)c1. The van der Waals surface area contributed by atoms with E-state index in [1.54, 1.807) is 25.1 Å². The van der Waals surface area contributed by atoms with E-state index in [2.05, 4.69) is 5.32 Å². The van der Waals surface area contributed by atoms with Crippen LogP contribution in [0.25, 0.3) is 0 Å². The van der Waals surface area contributed by atoms with Crippen molar-refractivity contribution in [2.45, 2.75) is 64.6 Å². The molecule has 1 fully saturated rings. The van der Waals surface area contributed by atoms with Crippen molar-refractivity contribution in [2.75, 3.05) is 24.9 Å². The van der Waals surface area contributed by atoms with Gasteiger partial charge in [-0.2, -0.15) is 12.7 Å². The highest BCUT2D eigenvalue weighted by molar-refractivity contribution is 7.90. The Morgan fingerprint density at radius 1 is 0.930 bits per heavy atom. The van der Waals surface area contributed by atoms with Crippen LogP contribution in [0.1, 0.15) is 47.9 Å². The van der Waals surface area contributed by atoms with E-state index in [4.69, 9.17) is 0 Å². The lowest BCUT2D eigenvalue weighted by atomic mass is 10.0. The van der Waals surface area contributed by atoms with E-state index < -0.39 is 34.5 Å². The molecule has 3 aromatic carbocycles. The molecule has 43 heavy (non-hydrogen) atoms. The Hall–Kier alpha value is -3.76. The first-order chi connectivity index (χ1) is 20.5. The normalized spacial score (nSPS) is 14.5. The molecule has 230 valence electrons. The molecule has 3 aromatic rings. The van der Waals surface area contributed by atoms with Crippen molar-refractivity contribution in [2.24, 2.45) is 0 Å². The van der Waals surface area contributed by atoms with Crippen LogP contribution >= 0.6 is 0 Å². The average molecular weight is 609 g/mol. The second-order valence-corrected chi connectivity index (χ2v) is 13.5. The summed E-state index contributed by atoms with van der Waals surface area (Å²) in [7, 11) is -1.26. The molecule has 0 spiro atoms. The highest BCUT2D eigenvalue weighted by Gasteiger charge is 2.36. The minimum atomic E-state index is -4.09. The molecule has 0 aliphatic heterocycles. The van der Waals surface area contributed by atoms with Crippen molar-refractivity contribution >= 4 is 27.7 Å². The maximum atomic E-state index is 14.4. The quantitative estimate of drug-likeness (QED) is 0.321. The fourth-order valence-electron chi connectivity index (χ4n) is 5.40. The van der Waals surface area contributed by atoms with Crippen molar-refractivity contribution < 1.29 is 22.4 Å². The number of aryl methyl sites for hydroxylation is 2. The highest BCUT2D eigenvalue weighted by Crippen LogP contribution is 2.27. The number of amides is 2. The molecule has 1 atom stereocenters. The van der Waals surface area contributed by atoms with Crippen molar-refractivity contribution in [3.05, 3.63) is 101 Å². The Morgan fingerprint density at radius 2 is 1.58 bits per heavy atom. The van der Waals surface area contributed by atoms with Gasteiger partial charge in [-0.1, -0.05) is 67.4 Å². The van der Waals surface area contributed by atoms with Crippen molar-refractivity contribution in [3.8, 4) is 0 Å². The third-order valence-electron chi connectivity index (χ3n) is 7.89. The predicted molar refractivity (Wildman–Crippen MR) is 167 cm³/mol. The third kappa shape index (κ3) is 8.20. The minimum absolute atomic E-state index is 0.00263. The summed E-state index contributed by atoms with van der Waals surface area (Å²) >= 11 is 0. The summed E-state index contributed by atoms with van der Waals surface area (Å²) in [4.78, 5) is 29.8. The zero-order chi connectivity index (χ0) is 31.1. The summed E-state index contributed by atoms with van der Waals surface area (Å²) in [6.07, 6.45) is 4.03. The Balaban J connectivity index is 1.77. The zero-order valence-electron chi connectivity index (χ0n) is 25.3. The molecule has 8 nitrogen and oxygen atoms in total. The lowest BCUT2D eigenvalue weighted by molar-refractivity contribution is -0.140. The van der Waals surface area contributed by atoms with Crippen LogP contribution in [0.5, 0.6) is 0 Å². The molecule has 4 rings (SSSR count). The molecular weight excluding hydrogens is 567 g/mol. The van der Waals surface area contributed by atoms with E-state index in [0.717, 1.165) is 45.4 Å². The van der Waals surface area contributed by atoms with E-state index in [9.17, 15) is 22.4 Å². The summed E-state index contributed by atoms with van der Waals surface area (Å²) in [6, 6.07) is 19.7. The summed E-state index contributed by atoms with van der Waals surface area (Å²) in [5.74, 6) is -1.25. The molecule has 2 amide bonds. The smallest absolute Gasteiger partial charge is 0.304 e. The monoisotopic (exact) mass is 608 g/mol. The van der Waals surface area contributed by atoms with E-state index in [-0.39, 0.29) is 24.9 Å². The summed E-state index contributed by atoms with van der Waals surface area (Å²) in [5, 5.41) is 3.15. The van der Waals surface area contributed by atoms with Gasteiger partial charge in [0.2, 0.25) is 11.8 Å². The van der Waals surface area contributed by atoms with E-state index in [1.165, 1.54) is 31.1 Å². The molecule has 0 heterocycles. The van der Waals surface area contributed by atoms with Gasteiger partial charge in [0.25, 0.3) is 0 Å². The maximum Gasteiger partial charge on any atom is 0.304 e. The Morgan fingerprint density at radius 3 is 2.21 bits per heavy atom. The fraction of sp³-hybridized carbons (Fsp3) is 0.394. The first-order valence-corrected chi connectivity index (χ1v) is 16.0. The van der Waals surface area contributed by atoms with Gasteiger partial charge in [-0.3, -0.25) is 9.59 Å². The summed E-state index contributed by atoms with van der Waals surface area (Å²) in [5.41, 5.74) is 3.40. The van der Waals surface area contributed by atoms with Crippen LogP contribution in [-0.4, -0.2) is 62.2 Å². The van der Waals surface area contributed by atoms with Crippen molar-refractivity contribution in [1.82, 2.24) is 14.5 Å². The second-order valence-electron chi connectivity index (χ2n) is 11.4. The second kappa shape index (κ2) is 14.1. The van der Waals surface area contributed by atoms with Gasteiger partial charge >= 0.3 is 10.2 Å². The van der Waals surface area contributed by atoms with E-state index >= 15 is 0 Å². The maximum absolute atomic E-state index is 14.4. The molecule has 1 saturated carbocycles. The fourth-order valence-corrected chi connectivity index (χ4v) is 6.51. The number of nitrogens with zero attached hydrogens (tertiary/aromatic N) is 3. The number of anilines is 1. The Labute approximate surface area is 254 Å². The first kappa shape index (κ1) is 32.2. The number of halogens is 1. The van der Waals surface area contributed by atoms with Crippen LogP contribution in [-0.2, 0) is 32.8 Å². The van der Waals surface area contributed by atoms with Gasteiger partial charge in [-0.25, -0.2) is 8.70 Å². The van der Waals surface area contributed by atoms with E-state index in [0.29, 0.717) is 16.8 Å². The standard InChI is InChI=1S/C33H41FN4O4S/c1-24-14-15-25(2)30(20-24)38(43(41,42)36(3)4)23-32(39)37(22-27-16-18-28(34)19-17-27)31(21-26-10-6-5-7-11-26)33(40)35-29-12-8-9-13-29/h5-7,10-11,14-20,29,31H,8-9,12-13,21-23H2,1-4H3,(H,35,40)/t31-/m0/s1. The van der Waals surface area contributed by atoms with Crippen LogP contribution in [0.2, 0.25) is 0 Å². The van der Waals surface area contributed by atoms with Gasteiger partial charge in [0.15, 0.2) is 0 Å². The Kier molecular flexibility index (Phi) is 10.6. The number of carbonyl (C=O) groups is 2. The number of hydrogen-bond donors (Lipinski definition) is 1. The molecule has 1 N–H and O–H groups in total. The molecular formula is C33H41FN4O4S. The molecule has 0 bridgehead atoms. The number of hydrogen-bond acceptors (Lipinski definition) is 4. The zero-order valence-corrected chi connectivity index (χ0v) is 26.1. The summed E-state index contributed by atoms with van der Waals surface area (Å²) in [6.45, 7) is 3.13. The number of nitrogens with one attached hydrogen (secondary N) is 1. The van der Waals surface area contributed by atoms with Gasteiger partial charge in [0.1, 0.15) is 18.4 Å². The van der Waals surface area contributed by atoms with Crippen molar-refractivity contribution in [1.29, 1.82) is 0 Å². The van der Waals surface area contributed by atoms with Gasteiger partial charge in [-0.15, -0.1) is 0 Å².